The molecule has 1 aliphatic rings. The third-order valence-corrected chi connectivity index (χ3v) is 7.58. The van der Waals surface area contributed by atoms with Crippen molar-refractivity contribution in [2.24, 2.45) is 0 Å². The molecule has 1 aliphatic carbocycles. The highest BCUT2D eigenvalue weighted by Crippen LogP contribution is 2.38. The predicted molar refractivity (Wildman–Crippen MR) is 122 cm³/mol. The van der Waals surface area contributed by atoms with Crippen molar-refractivity contribution in [3.8, 4) is 5.95 Å². The molecule has 0 unspecified atom stereocenters. The number of nitro benzene ring substituents is 1. The van der Waals surface area contributed by atoms with E-state index in [4.69, 9.17) is 4.52 Å². The Hall–Kier alpha value is -3.71. The number of nitrogens with one attached hydrogen (secondary N) is 1. The van der Waals surface area contributed by atoms with E-state index in [1.807, 2.05) is 13.8 Å². The number of hydrogen-bond donors (Lipinski definition) is 1. The molecule has 2 aromatic heterocycles. The Labute approximate surface area is 199 Å². The van der Waals surface area contributed by atoms with Crippen LogP contribution in [0.2, 0.25) is 0 Å². The summed E-state index contributed by atoms with van der Waals surface area (Å²) >= 11 is 0. The molecule has 5 rings (SSSR count). The van der Waals surface area contributed by atoms with Gasteiger partial charge in [-0.05, 0) is 36.0 Å². The Morgan fingerprint density at radius 3 is 2.66 bits per heavy atom. The van der Waals surface area contributed by atoms with Gasteiger partial charge in [-0.25, -0.2) is 17.5 Å². The highest BCUT2D eigenvalue weighted by molar-refractivity contribution is 7.89. The van der Waals surface area contributed by atoms with Gasteiger partial charge in [-0.3, -0.25) is 10.1 Å². The van der Waals surface area contributed by atoms with Gasteiger partial charge in [-0.15, -0.1) is 0 Å². The minimum Gasteiger partial charge on any atom is -0.337 e. The van der Waals surface area contributed by atoms with Crippen molar-refractivity contribution in [3.05, 3.63) is 70.0 Å². The molecular weight excluding hydrogens is 479 g/mol. The Morgan fingerprint density at radius 2 is 1.94 bits per heavy atom. The molecule has 0 bridgehead atoms. The number of benzene rings is 2. The van der Waals surface area contributed by atoms with Gasteiger partial charge in [-0.2, -0.15) is 14.8 Å². The van der Waals surface area contributed by atoms with Gasteiger partial charge in [0, 0.05) is 23.4 Å². The van der Waals surface area contributed by atoms with Crippen molar-refractivity contribution >= 4 is 26.6 Å². The molecule has 0 saturated heterocycles. The number of rotatable bonds is 7. The van der Waals surface area contributed by atoms with Crippen molar-refractivity contribution in [3.63, 3.8) is 0 Å². The maximum Gasteiger partial charge on any atom is 0.291 e. The third kappa shape index (κ3) is 4.06. The lowest BCUT2D eigenvalue weighted by atomic mass is 9.81. The SMILES string of the molecule is CC(C)c1nn(-c2noc([C@H]3C[C@@H](NS(=O)(=O)c4ccccc4[N+](=O)[O-])C3)n2)c2c(F)cccc12. The maximum absolute atomic E-state index is 14.6. The molecule has 0 amide bonds. The quantitative estimate of drug-likeness (QED) is 0.298. The molecule has 0 aliphatic heterocycles. The summed E-state index contributed by atoms with van der Waals surface area (Å²) in [4.78, 5) is 14.5. The number of fused-ring (bicyclic) bond motifs is 1. The first kappa shape index (κ1) is 23.1. The van der Waals surface area contributed by atoms with E-state index in [1.54, 1.807) is 12.1 Å². The van der Waals surface area contributed by atoms with Crippen LogP contribution in [-0.4, -0.2) is 39.3 Å². The van der Waals surface area contributed by atoms with Gasteiger partial charge >= 0.3 is 0 Å². The van der Waals surface area contributed by atoms with E-state index in [9.17, 15) is 22.9 Å². The van der Waals surface area contributed by atoms with Crippen molar-refractivity contribution in [1.82, 2.24) is 24.6 Å². The lowest BCUT2D eigenvalue weighted by Crippen LogP contribution is -2.43. The van der Waals surface area contributed by atoms with Crippen molar-refractivity contribution in [1.29, 1.82) is 0 Å². The summed E-state index contributed by atoms with van der Waals surface area (Å²) < 4.78 is 49.2. The number of sulfonamides is 1. The molecule has 0 spiro atoms. The zero-order valence-corrected chi connectivity index (χ0v) is 19.6. The van der Waals surface area contributed by atoms with Gasteiger partial charge in [-0.1, -0.05) is 38.1 Å². The molecule has 182 valence electrons. The first-order chi connectivity index (χ1) is 16.7. The van der Waals surface area contributed by atoms with Crippen LogP contribution in [0.4, 0.5) is 10.1 Å². The second kappa shape index (κ2) is 8.50. The topological polar surface area (TPSA) is 146 Å². The fourth-order valence-corrected chi connectivity index (χ4v) is 5.67. The van der Waals surface area contributed by atoms with Crippen LogP contribution < -0.4 is 4.72 Å². The molecule has 13 heteroatoms. The second-order valence-electron chi connectivity index (χ2n) is 8.73. The van der Waals surface area contributed by atoms with Crippen LogP contribution in [0.3, 0.4) is 0 Å². The Kier molecular flexibility index (Phi) is 5.60. The minimum absolute atomic E-state index is 0.0489. The molecule has 2 heterocycles. The first-order valence-electron chi connectivity index (χ1n) is 10.9. The molecule has 11 nitrogen and oxygen atoms in total. The Balaban J connectivity index is 1.33. The van der Waals surface area contributed by atoms with Crippen molar-refractivity contribution < 1.29 is 22.3 Å². The molecule has 0 atom stereocenters. The van der Waals surface area contributed by atoms with Crippen LogP contribution in [-0.2, 0) is 10.0 Å². The molecule has 1 fully saturated rings. The Bertz CT molecular complexity index is 1540. The summed E-state index contributed by atoms with van der Waals surface area (Å²) in [5, 5.41) is 20.3. The summed E-state index contributed by atoms with van der Waals surface area (Å²) in [6, 6.07) is 9.47. The van der Waals surface area contributed by atoms with Crippen LogP contribution in [0.1, 0.15) is 50.1 Å². The lowest BCUT2D eigenvalue weighted by molar-refractivity contribution is -0.387. The van der Waals surface area contributed by atoms with Crippen LogP contribution in [0, 0.1) is 15.9 Å². The van der Waals surface area contributed by atoms with Crippen molar-refractivity contribution in [2.75, 3.05) is 0 Å². The summed E-state index contributed by atoms with van der Waals surface area (Å²) in [7, 11) is -4.09. The van der Waals surface area contributed by atoms with Gasteiger partial charge in [0.25, 0.3) is 11.6 Å². The largest absolute Gasteiger partial charge is 0.337 e. The monoisotopic (exact) mass is 500 g/mol. The standard InChI is InChI=1S/C22H21FN6O5S/c1-12(2)19-15-6-5-7-16(23)20(15)28(25-19)22-24-21(34-26-22)13-10-14(11-13)27-35(32,33)18-9-4-3-8-17(18)29(30)31/h3-9,12-14,27H,10-11H2,1-2H3/t13-,14+. The van der Waals surface area contributed by atoms with Crippen LogP contribution in [0.25, 0.3) is 16.9 Å². The molecule has 4 aromatic rings. The van der Waals surface area contributed by atoms with Crippen LogP contribution in [0.15, 0.2) is 51.9 Å². The first-order valence-corrected chi connectivity index (χ1v) is 12.4. The number of nitrogens with zero attached hydrogens (tertiary/aromatic N) is 5. The van der Waals surface area contributed by atoms with Gasteiger partial charge in [0.1, 0.15) is 11.3 Å². The van der Waals surface area contributed by atoms with Crippen LogP contribution >= 0.6 is 0 Å². The zero-order chi connectivity index (χ0) is 24.9. The number of halogens is 1. The Morgan fingerprint density at radius 1 is 1.20 bits per heavy atom. The zero-order valence-electron chi connectivity index (χ0n) is 18.8. The summed E-state index contributed by atoms with van der Waals surface area (Å²) in [6.07, 6.45) is 0.736. The van der Waals surface area contributed by atoms with E-state index in [2.05, 4.69) is 20.0 Å². The molecule has 1 N–H and O–H groups in total. The normalized spacial score (nSPS) is 18.2. The predicted octanol–water partition coefficient (Wildman–Crippen LogP) is 3.80. The molecular formula is C22H21FN6O5S. The van der Waals surface area contributed by atoms with Gasteiger partial charge in [0.15, 0.2) is 4.90 Å². The van der Waals surface area contributed by atoms with Crippen LogP contribution in [0.5, 0.6) is 0 Å². The number of aromatic nitrogens is 4. The fraction of sp³-hybridized carbons (Fsp3) is 0.318. The number of nitro groups is 1. The summed E-state index contributed by atoms with van der Waals surface area (Å²) in [5.41, 5.74) is 0.475. The van der Waals surface area contributed by atoms with Gasteiger partial charge in [0.2, 0.25) is 15.9 Å². The number of para-hydroxylation sites is 2. The summed E-state index contributed by atoms with van der Waals surface area (Å²) in [5.74, 6) is -0.252. The molecule has 35 heavy (non-hydrogen) atoms. The number of hydrogen-bond acceptors (Lipinski definition) is 8. The van der Waals surface area contributed by atoms with E-state index >= 15 is 0 Å². The van der Waals surface area contributed by atoms with Crippen molar-refractivity contribution in [2.45, 2.75) is 49.5 Å². The minimum atomic E-state index is -4.09. The fourth-order valence-electron chi connectivity index (χ4n) is 4.23. The third-order valence-electron chi connectivity index (χ3n) is 6.01. The van der Waals surface area contributed by atoms with E-state index in [-0.39, 0.29) is 34.1 Å². The maximum atomic E-state index is 14.6. The molecule has 1 saturated carbocycles. The van der Waals surface area contributed by atoms with E-state index in [0.717, 1.165) is 6.07 Å². The van der Waals surface area contributed by atoms with Gasteiger partial charge in [0.05, 0.1) is 10.6 Å². The second-order valence-corrected chi connectivity index (χ2v) is 10.4. The highest BCUT2D eigenvalue weighted by Gasteiger charge is 2.38. The smallest absolute Gasteiger partial charge is 0.291 e. The highest BCUT2D eigenvalue weighted by atomic mass is 32.2. The molecule has 2 aromatic carbocycles. The lowest BCUT2D eigenvalue weighted by Gasteiger charge is -2.32. The van der Waals surface area contributed by atoms with E-state index in [0.29, 0.717) is 23.9 Å². The average molecular weight is 501 g/mol. The summed E-state index contributed by atoms with van der Waals surface area (Å²) in [6.45, 7) is 3.91. The average Bonchev–Trinajstić information content (AvgIpc) is 3.41. The van der Waals surface area contributed by atoms with Gasteiger partial charge < -0.3 is 4.52 Å². The molecule has 0 radical (unpaired) electrons. The van der Waals surface area contributed by atoms with E-state index in [1.165, 1.54) is 28.9 Å². The van der Waals surface area contributed by atoms with E-state index < -0.39 is 32.5 Å².